The third-order valence-electron chi connectivity index (χ3n) is 4.96. The van der Waals surface area contributed by atoms with E-state index in [0.29, 0.717) is 23.6 Å². The molecule has 0 saturated heterocycles. The van der Waals surface area contributed by atoms with E-state index in [1.165, 1.54) is 0 Å². The second kappa shape index (κ2) is 6.32. The summed E-state index contributed by atoms with van der Waals surface area (Å²) in [7, 11) is 0. The highest BCUT2D eigenvalue weighted by Crippen LogP contribution is 2.35. The number of aliphatic hydroxyl groups is 1. The molecule has 5 heteroatoms. The summed E-state index contributed by atoms with van der Waals surface area (Å²) in [5.74, 6) is 0.778. The van der Waals surface area contributed by atoms with Crippen molar-refractivity contribution in [3.63, 3.8) is 0 Å². The average molecular weight is 322 g/mol. The molecule has 1 heterocycles. The fraction of sp³-hybridized carbons (Fsp3) is 0.421. The molecule has 2 aromatic rings. The SMILES string of the molecule is N=C(/C(=C\N[C@H]1C[C@H](CO)C1)c1cnc2ccccc2n1)C1CC1. The Kier molecular flexibility index (Phi) is 4.02. The van der Waals surface area contributed by atoms with Crippen LogP contribution in [-0.2, 0) is 0 Å². The first-order valence-electron chi connectivity index (χ1n) is 8.62. The lowest BCUT2D eigenvalue weighted by Crippen LogP contribution is -2.40. The van der Waals surface area contributed by atoms with Gasteiger partial charge in [0.05, 0.1) is 22.9 Å². The largest absolute Gasteiger partial charge is 0.396 e. The molecule has 24 heavy (non-hydrogen) atoms. The second-order valence-corrected chi connectivity index (χ2v) is 6.87. The first-order chi connectivity index (χ1) is 11.7. The molecule has 5 nitrogen and oxygen atoms in total. The molecule has 3 N–H and O–H groups in total. The summed E-state index contributed by atoms with van der Waals surface area (Å²) in [6, 6.07) is 8.20. The molecule has 0 aliphatic heterocycles. The van der Waals surface area contributed by atoms with Crippen LogP contribution in [-0.4, -0.2) is 33.4 Å². The van der Waals surface area contributed by atoms with Gasteiger partial charge in [-0.15, -0.1) is 0 Å². The van der Waals surface area contributed by atoms with E-state index < -0.39 is 0 Å². The monoisotopic (exact) mass is 322 g/mol. The minimum Gasteiger partial charge on any atom is -0.396 e. The average Bonchev–Trinajstić information content (AvgIpc) is 3.41. The number of aliphatic hydroxyl groups excluding tert-OH is 1. The van der Waals surface area contributed by atoms with Crippen molar-refractivity contribution in [2.45, 2.75) is 31.7 Å². The number of hydrogen-bond donors (Lipinski definition) is 3. The molecular formula is C19H22N4O. The zero-order chi connectivity index (χ0) is 16.5. The van der Waals surface area contributed by atoms with E-state index in [1.807, 2.05) is 30.5 Å². The topological polar surface area (TPSA) is 81.9 Å². The Bertz CT molecular complexity index is 791. The van der Waals surface area contributed by atoms with Gasteiger partial charge in [0.25, 0.3) is 0 Å². The van der Waals surface area contributed by atoms with Gasteiger partial charge < -0.3 is 15.8 Å². The molecule has 0 amide bonds. The van der Waals surface area contributed by atoms with Crippen molar-refractivity contribution in [1.82, 2.24) is 15.3 Å². The van der Waals surface area contributed by atoms with Crippen molar-refractivity contribution < 1.29 is 5.11 Å². The van der Waals surface area contributed by atoms with Crippen LogP contribution in [0.25, 0.3) is 16.6 Å². The van der Waals surface area contributed by atoms with E-state index in [-0.39, 0.29) is 6.61 Å². The summed E-state index contributed by atoms with van der Waals surface area (Å²) in [5, 5.41) is 21.0. The lowest BCUT2D eigenvalue weighted by molar-refractivity contribution is 0.133. The van der Waals surface area contributed by atoms with E-state index in [0.717, 1.165) is 48.0 Å². The maximum atomic E-state index is 9.13. The number of rotatable bonds is 6. The summed E-state index contributed by atoms with van der Waals surface area (Å²) in [6.45, 7) is 0.267. The predicted molar refractivity (Wildman–Crippen MR) is 94.7 cm³/mol. The van der Waals surface area contributed by atoms with Gasteiger partial charge in [0.2, 0.25) is 0 Å². The number of para-hydroxylation sites is 2. The van der Waals surface area contributed by atoms with E-state index in [1.54, 1.807) is 6.20 Å². The van der Waals surface area contributed by atoms with Crippen LogP contribution < -0.4 is 5.32 Å². The Hall–Kier alpha value is -2.27. The van der Waals surface area contributed by atoms with Gasteiger partial charge in [-0.2, -0.15) is 0 Å². The van der Waals surface area contributed by atoms with Crippen molar-refractivity contribution in [1.29, 1.82) is 5.41 Å². The first-order valence-corrected chi connectivity index (χ1v) is 8.62. The zero-order valence-electron chi connectivity index (χ0n) is 13.6. The quantitative estimate of drug-likeness (QED) is 0.714. The molecule has 2 aliphatic carbocycles. The fourth-order valence-electron chi connectivity index (χ4n) is 3.19. The first kappa shape index (κ1) is 15.3. The van der Waals surface area contributed by atoms with Crippen LogP contribution in [0.3, 0.4) is 0 Å². The predicted octanol–water partition coefficient (Wildman–Crippen LogP) is 2.76. The molecule has 2 aliphatic rings. The highest BCUT2D eigenvalue weighted by Gasteiger charge is 2.31. The highest BCUT2D eigenvalue weighted by atomic mass is 16.3. The minimum atomic E-state index is 0.267. The number of aromatic nitrogens is 2. The molecule has 0 unspecified atom stereocenters. The Balaban J connectivity index is 1.60. The Morgan fingerprint density at radius 3 is 2.71 bits per heavy atom. The molecule has 1 aromatic heterocycles. The molecule has 4 rings (SSSR count). The number of benzene rings is 1. The fourth-order valence-corrected chi connectivity index (χ4v) is 3.19. The van der Waals surface area contributed by atoms with Gasteiger partial charge in [0, 0.05) is 36.1 Å². The van der Waals surface area contributed by atoms with Crippen molar-refractivity contribution in [2.24, 2.45) is 11.8 Å². The maximum absolute atomic E-state index is 9.13. The number of hydrogen-bond acceptors (Lipinski definition) is 5. The van der Waals surface area contributed by atoms with Crippen molar-refractivity contribution in [2.75, 3.05) is 6.61 Å². The zero-order valence-corrected chi connectivity index (χ0v) is 13.6. The van der Waals surface area contributed by atoms with Crippen LogP contribution in [0.4, 0.5) is 0 Å². The number of fused-ring (bicyclic) bond motifs is 1. The normalized spacial score (nSPS) is 23.8. The lowest BCUT2D eigenvalue weighted by Gasteiger charge is -2.34. The van der Waals surface area contributed by atoms with Gasteiger partial charge in [0.1, 0.15) is 0 Å². The van der Waals surface area contributed by atoms with Crippen LogP contribution in [0, 0.1) is 17.2 Å². The van der Waals surface area contributed by atoms with Crippen molar-refractivity contribution in [3.05, 3.63) is 42.4 Å². The van der Waals surface area contributed by atoms with E-state index in [9.17, 15) is 0 Å². The molecule has 124 valence electrons. The summed E-state index contributed by atoms with van der Waals surface area (Å²) >= 11 is 0. The van der Waals surface area contributed by atoms with Crippen LogP contribution in [0.2, 0.25) is 0 Å². The van der Waals surface area contributed by atoms with Gasteiger partial charge in [-0.25, -0.2) is 4.98 Å². The third-order valence-corrected chi connectivity index (χ3v) is 4.96. The van der Waals surface area contributed by atoms with Crippen LogP contribution >= 0.6 is 0 Å². The number of nitrogens with one attached hydrogen (secondary N) is 2. The Labute approximate surface area is 141 Å². The Morgan fingerprint density at radius 2 is 2.00 bits per heavy atom. The van der Waals surface area contributed by atoms with Gasteiger partial charge >= 0.3 is 0 Å². The molecule has 0 spiro atoms. The van der Waals surface area contributed by atoms with E-state index >= 15 is 0 Å². The standard InChI is InChI=1S/C19H22N4O/c20-19(13-5-6-13)15(9-21-14-7-12(8-14)11-24)18-10-22-16-3-1-2-4-17(16)23-18/h1-4,9-10,12-14,20-21,24H,5-8,11H2/b15-9-,20-19?/t12-,14-. The number of nitrogens with zero attached hydrogens (tertiary/aromatic N) is 2. The van der Waals surface area contributed by atoms with E-state index in [2.05, 4.69) is 10.3 Å². The van der Waals surface area contributed by atoms with Crippen LogP contribution in [0.5, 0.6) is 0 Å². The van der Waals surface area contributed by atoms with Gasteiger partial charge in [-0.3, -0.25) is 4.98 Å². The Morgan fingerprint density at radius 1 is 1.25 bits per heavy atom. The summed E-state index contributed by atoms with van der Waals surface area (Å²) in [5.41, 5.74) is 3.99. The maximum Gasteiger partial charge on any atom is 0.0925 e. The van der Waals surface area contributed by atoms with Crippen LogP contribution in [0.1, 0.15) is 31.4 Å². The van der Waals surface area contributed by atoms with Gasteiger partial charge in [-0.1, -0.05) is 12.1 Å². The summed E-state index contributed by atoms with van der Waals surface area (Å²) in [6.07, 6.45) is 7.86. The lowest BCUT2D eigenvalue weighted by atomic mass is 9.81. The summed E-state index contributed by atoms with van der Waals surface area (Å²) < 4.78 is 0. The molecular weight excluding hydrogens is 300 g/mol. The van der Waals surface area contributed by atoms with Crippen LogP contribution in [0.15, 0.2) is 36.7 Å². The van der Waals surface area contributed by atoms with Crippen molar-refractivity contribution in [3.8, 4) is 0 Å². The third kappa shape index (κ3) is 3.04. The molecule has 2 fully saturated rings. The molecule has 0 radical (unpaired) electrons. The molecule has 0 atom stereocenters. The second-order valence-electron chi connectivity index (χ2n) is 6.87. The molecule has 2 saturated carbocycles. The minimum absolute atomic E-state index is 0.267. The smallest absolute Gasteiger partial charge is 0.0925 e. The van der Waals surface area contributed by atoms with Gasteiger partial charge in [-0.05, 0) is 43.7 Å². The highest BCUT2D eigenvalue weighted by molar-refractivity contribution is 6.23. The number of allylic oxidation sites excluding steroid dienone is 1. The van der Waals surface area contributed by atoms with Gasteiger partial charge in [0.15, 0.2) is 0 Å². The van der Waals surface area contributed by atoms with E-state index in [4.69, 9.17) is 15.5 Å². The van der Waals surface area contributed by atoms with Crippen molar-refractivity contribution >= 4 is 22.3 Å². The molecule has 1 aromatic carbocycles. The molecule has 0 bridgehead atoms. The summed E-state index contributed by atoms with van der Waals surface area (Å²) in [4.78, 5) is 9.20.